The number of methoxy groups -OCH3 is 1. The maximum Gasteiger partial charge on any atom is 0.259 e. The van der Waals surface area contributed by atoms with Gasteiger partial charge in [0.15, 0.2) is 11.5 Å². The fraction of sp³-hybridized carbons (Fsp3) is 0.0667. The number of H-pyrrole nitrogens is 1. The monoisotopic (exact) mass is 284 g/mol. The Labute approximate surface area is 119 Å². The summed E-state index contributed by atoms with van der Waals surface area (Å²) in [6.07, 6.45) is 0. The van der Waals surface area contributed by atoms with Crippen LogP contribution in [-0.4, -0.2) is 27.3 Å². The van der Waals surface area contributed by atoms with E-state index in [1.165, 1.54) is 13.2 Å². The Morgan fingerprint density at radius 1 is 1.14 bits per heavy atom. The fourth-order valence-corrected chi connectivity index (χ4v) is 2.12. The Kier molecular flexibility index (Phi) is 2.98. The Balaban J connectivity index is 2.28. The number of fused-ring (bicyclic) bond motifs is 1. The van der Waals surface area contributed by atoms with Crippen LogP contribution >= 0.6 is 0 Å². The molecule has 0 aliphatic heterocycles. The Morgan fingerprint density at radius 2 is 1.90 bits per heavy atom. The molecule has 1 aromatic heterocycles. The molecule has 0 aliphatic rings. The van der Waals surface area contributed by atoms with E-state index in [0.717, 1.165) is 6.07 Å². The average Bonchev–Trinajstić information content (AvgIpc) is 2.47. The fourth-order valence-electron chi connectivity index (χ4n) is 2.12. The Bertz CT molecular complexity index is 886. The minimum absolute atomic E-state index is 0.179. The van der Waals surface area contributed by atoms with E-state index in [1.54, 1.807) is 24.3 Å². The normalized spacial score (nSPS) is 10.7. The topological polar surface area (TPSA) is 95.4 Å². The predicted molar refractivity (Wildman–Crippen MR) is 77.7 cm³/mol. The molecule has 0 saturated carbocycles. The maximum absolute atomic E-state index is 12.0. The lowest BCUT2D eigenvalue weighted by molar-refractivity contribution is 0.370. The molecule has 0 fully saturated rings. The van der Waals surface area contributed by atoms with Crippen LogP contribution in [0.2, 0.25) is 0 Å². The second-order valence-electron chi connectivity index (χ2n) is 4.47. The van der Waals surface area contributed by atoms with E-state index in [9.17, 15) is 15.0 Å². The minimum atomic E-state index is -0.304. The third kappa shape index (κ3) is 2.16. The van der Waals surface area contributed by atoms with Gasteiger partial charge in [-0.3, -0.25) is 4.79 Å². The number of para-hydroxylation sites is 1. The van der Waals surface area contributed by atoms with E-state index in [1.807, 2.05) is 0 Å². The van der Waals surface area contributed by atoms with Crippen molar-refractivity contribution in [2.45, 2.75) is 0 Å². The molecule has 3 aromatic rings. The number of ether oxygens (including phenoxy) is 1. The molecular weight excluding hydrogens is 272 g/mol. The van der Waals surface area contributed by atoms with Gasteiger partial charge in [-0.25, -0.2) is 4.98 Å². The second kappa shape index (κ2) is 4.82. The van der Waals surface area contributed by atoms with Gasteiger partial charge in [0.1, 0.15) is 11.6 Å². The van der Waals surface area contributed by atoms with Crippen molar-refractivity contribution in [2.24, 2.45) is 0 Å². The third-order valence-electron chi connectivity index (χ3n) is 3.17. The quantitative estimate of drug-likeness (QED) is 0.669. The number of benzene rings is 2. The lowest BCUT2D eigenvalue weighted by Gasteiger charge is -2.09. The number of rotatable bonds is 2. The van der Waals surface area contributed by atoms with Gasteiger partial charge in [-0.15, -0.1) is 0 Å². The molecule has 0 atom stereocenters. The van der Waals surface area contributed by atoms with Crippen LogP contribution in [0, 0.1) is 0 Å². The molecule has 3 rings (SSSR count). The zero-order valence-corrected chi connectivity index (χ0v) is 11.1. The van der Waals surface area contributed by atoms with Crippen LogP contribution in [0.1, 0.15) is 0 Å². The summed E-state index contributed by atoms with van der Waals surface area (Å²) in [5.41, 5.74) is 0.484. The molecule has 6 nitrogen and oxygen atoms in total. The second-order valence-corrected chi connectivity index (χ2v) is 4.47. The summed E-state index contributed by atoms with van der Waals surface area (Å²) in [5, 5.41) is 20.0. The van der Waals surface area contributed by atoms with Gasteiger partial charge in [-0.05, 0) is 18.2 Å². The van der Waals surface area contributed by atoms with Crippen LogP contribution in [0.4, 0.5) is 0 Å². The zero-order chi connectivity index (χ0) is 15.0. The molecule has 1 heterocycles. The third-order valence-corrected chi connectivity index (χ3v) is 3.17. The summed E-state index contributed by atoms with van der Waals surface area (Å²) in [7, 11) is 1.40. The van der Waals surface area contributed by atoms with Crippen molar-refractivity contribution < 1.29 is 14.9 Å². The first-order valence-corrected chi connectivity index (χ1v) is 6.19. The van der Waals surface area contributed by atoms with Crippen molar-refractivity contribution in [1.29, 1.82) is 0 Å². The first kappa shape index (κ1) is 13.0. The van der Waals surface area contributed by atoms with Gasteiger partial charge in [0.2, 0.25) is 0 Å². The number of aromatic amines is 1. The molecule has 6 heteroatoms. The van der Waals surface area contributed by atoms with Crippen molar-refractivity contribution in [1.82, 2.24) is 9.97 Å². The maximum atomic E-state index is 12.0. The minimum Gasteiger partial charge on any atom is -0.507 e. The van der Waals surface area contributed by atoms with Crippen molar-refractivity contribution in [3.63, 3.8) is 0 Å². The van der Waals surface area contributed by atoms with Gasteiger partial charge in [0.05, 0.1) is 23.6 Å². The number of phenolic OH excluding ortho intramolecular Hbond substituents is 2. The summed E-state index contributed by atoms with van der Waals surface area (Å²) in [6.45, 7) is 0. The van der Waals surface area contributed by atoms with Crippen molar-refractivity contribution in [3.8, 4) is 28.6 Å². The summed E-state index contributed by atoms with van der Waals surface area (Å²) >= 11 is 0. The van der Waals surface area contributed by atoms with Crippen LogP contribution in [0.15, 0.2) is 41.2 Å². The summed E-state index contributed by atoms with van der Waals surface area (Å²) < 4.78 is 5.00. The van der Waals surface area contributed by atoms with Gasteiger partial charge in [-0.1, -0.05) is 12.1 Å². The van der Waals surface area contributed by atoms with Crippen molar-refractivity contribution >= 4 is 10.9 Å². The van der Waals surface area contributed by atoms with Crippen molar-refractivity contribution in [3.05, 3.63) is 46.8 Å². The van der Waals surface area contributed by atoms with Gasteiger partial charge >= 0.3 is 0 Å². The highest BCUT2D eigenvalue weighted by atomic mass is 16.5. The van der Waals surface area contributed by atoms with Crippen LogP contribution in [0.3, 0.4) is 0 Å². The SMILES string of the molecule is COc1cc(-c2nc3ccccc3c(=O)[nH]2)c(O)cc1O. The number of aromatic hydroxyl groups is 2. The molecule has 3 N–H and O–H groups in total. The molecule has 21 heavy (non-hydrogen) atoms. The lowest BCUT2D eigenvalue weighted by Crippen LogP contribution is -2.09. The first-order valence-electron chi connectivity index (χ1n) is 6.19. The van der Waals surface area contributed by atoms with E-state index < -0.39 is 0 Å². The van der Waals surface area contributed by atoms with E-state index in [2.05, 4.69) is 9.97 Å². The van der Waals surface area contributed by atoms with Crippen LogP contribution in [0.25, 0.3) is 22.3 Å². The number of aromatic nitrogens is 2. The number of hydrogen-bond acceptors (Lipinski definition) is 5. The molecular formula is C15H12N2O4. The smallest absolute Gasteiger partial charge is 0.259 e. The highest BCUT2D eigenvalue weighted by Crippen LogP contribution is 2.37. The number of hydrogen-bond donors (Lipinski definition) is 3. The van der Waals surface area contributed by atoms with Crippen LogP contribution < -0.4 is 10.3 Å². The highest BCUT2D eigenvalue weighted by molar-refractivity contribution is 5.80. The van der Waals surface area contributed by atoms with Crippen LogP contribution in [-0.2, 0) is 0 Å². The molecule has 2 aromatic carbocycles. The molecule has 0 bridgehead atoms. The number of nitrogens with one attached hydrogen (secondary N) is 1. The first-order chi connectivity index (χ1) is 10.1. The predicted octanol–water partition coefficient (Wildman–Crippen LogP) is 2.01. The Morgan fingerprint density at radius 3 is 2.67 bits per heavy atom. The van der Waals surface area contributed by atoms with Crippen LogP contribution in [0.5, 0.6) is 17.2 Å². The van der Waals surface area contributed by atoms with E-state index in [4.69, 9.17) is 4.74 Å². The van der Waals surface area contributed by atoms with Gasteiger partial charge in [-0.2, -0.15) is 0 Å². The van der Waals surface area contributed by atoms with E-state index in [-0.39, 0.29) is 34.2 Å². The number of nitrogens with zero attached hydrogens (tertiary/aromatic N) is 1. The summed E-state index contributed by atoms with van der Waals surface area (Å²) in [6, 6.07) is 9.46. The van der Waals surface area contributed by atoms with E-state index >= 15 is 0 Å². The molecule has 0 saturated heterocycles. The standard InChI is InChI=1S/C15H12N2O4/c1-21-13-6-9(11(18)7-12(13)19)14-16-10-5-3-2-4-8(10)15(20)17-14/h2-7,18-19H,1H3,(H,16,17,20). The summed E-state index contributed by atoms with van der Waals surface area (Å²) in [5.74, 6) is -0.0123. The largest absolute Gasteiger partial charge is 0.507 e. The van der Waals surface area contributed by atoms with E-state index in [0.29, 0.717) is 10.9 Å². The average molecular weight is 284 g/mol. The zero-order valence-electron chi connectivity index (χ0n) is 11.1. The molecule has 0 amide bonds. The van der Waals surface area contributed by atoms with Gasteiger partial charge in [0.25, 0.3) is 5.56 Å². The lowest BCUT2D eigenvalue weighted by atomic mass is 10.1. The van der Waals surface area contributed by atoms with Crippen molar-refractivity contribution in [2.75, 3.05) is 7.11 Å². The molecule has 106 valence electrons. The Hall–Kier alpha value is -3.02. The highest BCUT2D eigenvalue weighted by Gasteiger charge is 2.14. The molecule has 0 radical (unpaired) electrons. The number of phenols is 2. The molecule has 0 spiro atoms. The van der Waals surface area contributed by atoms with Gasteiger partial charge in [0, 0.05) is 6.07 Å². The molecule has 0 unspecified atom stereocenters. The van der Waals surface area contributed by atoms with Gasteiger partial charge < -0.3 is 19.9 Å². The molecule has 0 aliphatic carbocycles. The summed E-state index contributed by atoms with van der Waals surface area (Å²) in [4.78, 5) is 19.0.